The quantitative estimate of drug-likeness (QED) is 0.683. The SMILES string of the molecule is CC(C)(CO)C1(O)CC2CCC1C2. The normalized spacial score (nSPS) is 44.3. The van der Waals surface area contributed by atoms with Crippen molar-refractivity contribution in [2.75, 3.05) is 6.61 Å². The molecule has 2 N–H and O–H groups in total. The Bertz CT molecular complexity index is 212. The minimum atomic E-state index is -0.593. The lowest BCUT2D eigenvalue weighted by atomic mass is 9.67. The molecule has 0 heterocycles. The molecule has 0 aromatic rings. The zero-order chi connectivity index (χ0) is 9.69. The van der Waals surface area contributed by atoms with Gasteiger partial charge < -0.3 is 10.2 Å². The summed E-state index contributed by atoms with van der Waals surface area (Å²) in [6.45, 7) is 4.05. The third kappa shape index (κ3) is 1.15. The standard InChI is InChI=1S/C11H20O2/c1-10(2,7-12)11(13)6-8-3-4-9(11)5-8/h8-9,12-13H,3-7H2,1-2H3. The Balaban J connectivity index is 2.22. The maximum absolute atomic E-state index is 10.5. The van der Waals surface area contributed by atoms with Gasteiger partial charge in [-0.1, -0.05) is 13.8 Å². The summed E-state index contributed by atoms with van der Waals surface area (Å²) in [4.78, 5) is 0. The molecule has 2 aliphatic rings. The second-order valence-corrected chi connectivity index (χ2v) is 5.55. The lowest BCUT2D eigenvalue weighted by molar-refractivity contribution is -0.125. The second-order valence-electron chi connectivity index (χ2n) is 5.55. The number of rotatable bonds is 2. The Morgan fingerprint density at radius 1 is 1.38 bits per heavy atom. The number of hydrogen-bond acceptors (Lipinski definition) is 2. The highest BCUT2D eigenvalue weighted by Gasteiger charge is 2.57. The van der Waals surface area contributed by atoms with Crippen LogP contribution in [0, 0.1) is 17.3 Å². The molecule has 0 saturated heterocycles. The number of hydrogen-bond donors (Lipinski definition) is 2. The molecule has 0 aromatic heterocycles. The fourth-order valence-corrected chi connectivity index (χ4v) is 3.27. The van der Waals surface area contributed by atoms with Crippen molar-refractivity contribution < 1.29 is 10.2 Å². The topological polar surface area (TPSA) is 40.5 Å². The van der Waals surface area contributed by atoms with Crippen LogP contribution in [-0.2, 0) is 0 Å². The van der Waals surface area contributed by atoms with E-state index in [1.165, 1.54) is 12.8 Å². The molecule has 2 aliphatic carbocycles. The Morgan fingerprint density at radius 3 is 2.46 bits per heavy atom. The molecule has 0 aromatic carbocycles. The summed E-state index contributed by atoms with van der Waals surface area (Å²) in [5.41, 5.74) is -0.919. The van der Waals surface area contributed by atoms with Gasteiger partial charge >= 0.3 is 0 Å². The zero-order valence-electron chi connectivity index (χ0n) is 8.58. The predicted molar refractivity (Wildman–Crippen MR) is 51.3 cm³/mol. The Hall–Kier alpha value is -0.0800. The largest absolute Gasteiger partial charge is 0.396 e. The van der Waals surface area contributed by atoms with Gasteiger partial charge in [-0.15, -0.1) is 0 Å². The van der Waals surface area contributed by atoms with E-state index in [-0.39, 0.29) is 12.0 Å². The van der Waals surface area contributed by atoms with E-state index in [4.69, 9.17) is 0 Å². The van der Waals surface area contributed by atoms with Crippen LogP contribution >= 0.6 is 0 Å². The molecule has 0 spiro atoms. The lowest BCUT2D eigenvalue weighted by Gasteiger charge is -2.44. The van der Waals surface area contributed by atoms with E-state index in [2.05, 4.69) is 0 Å². The van der Waals surface area contributed by atoms with Crippen molar-refractivity contribution in [1.82, 2.24) is 0 Å². The Kier molecular flexibility index (Phi) is 1.97. The monoisotopic (exact) mass is 184 g/mol. The van der Waals surface area contributed by atoms with E-state index < -0.39 is 5.60 Å². The first kappa shape index (κ1) is 9.47. The summed E-state index contributed by atoms with van der Waals surface area (Å²) in [5.74, 6) is 1.17. The molecule has 2 heteroatoms. The molecule has 2 fully saturated rings. The van der Waals surface area contributed by atoms with Gasteiger partial charge in [0.15, 0.2) is 0 Å². The summed E-state index contributed by atoms with van der Waals surface area (Å²) >= 11 is 0. The van der Waals surface area contributed by atoms with Crippen LogP contribution in [0.15, 0.2) is 0 Å². The van der Waals surface area contributed by atoms with E-state index in [1.807, 2.05) is 13.8 Å². The maximum atomic E-state index is 10.5. The third-order valence-corrected chi connectivity index (χ3v) is 4.38. The summed E-state index contributed by atoms with van der Waals surface area (Å²) < 4.78 is 0. The van der Waals surface area contributed by atoms with Gasteiger partial charge in [-0.2, -0.15) is 0 Å². The van der Waals surface area contributed by atoms with Crippen molar-refractivity contribution >= 4 is 0 Å². The van der Waals surface area contributed by atoms with Crippen molar-refractivity contribution in [3.8, 4) is 0 Å². The van der Waals surface area contributed by atoms with Gasteiger partial charge in [-0.25, -0.2) is 0 Å². The van der Waals surface area contributed by atoms with Gasteiger partial charge in [0.25, 0.3) is 0 Å². The fraction of sp³-hybridized carbons (Fsp3) is 1.00. The van der Waals surface area contributed by atoms with Gasteiger partial charge in [0.05, 0.1) is 12.2 Å². The maximum Gasteiger partial charge on any atom is 0.0751 e. The lowest BCUT2D eigenvalue weighted by Crippen LogP contribution is -2.50. The Labute approximate surface area is 80.0 Å². The van der Waals surface area contributed by atoms with E-state index in [9.17, 15) is 10.2 Å². The predicted octanol–water partition coefficient (Wildman–Crippen LogP) is 1.56. The summed E-state index contributed by atoms with van der Waals surface area (Å²) in [5, 5.41) is 19.8. The van der Waals surface area contributed by atoms with Crippen molar-refractivity contribution in [2.45, 2.75) is 45.1 Å². The van der Waals surface area contributed by atoms with Crippen LogP contribution in [0.3, 0.4) is 0 Å². The molecule has 0 radical (unpaired) electrons. The molecule has 76 valence electrons. The van der Waals surface area contributed by atoms with Crippen LogP contribution in [-0.4, -0.2) is 22.4 Å². The smallest absolute Gasteiger partial charge is 0.0751 e. The van der Waals surface area contributed by atoms with Gasteiger partial charge in [0.1, 0.15) is 0 Å². The molecule has 0 amide bonds. The van der Waals surface area contributed by atoms with E-state index >= 15 is 0 Å². The molecule has 3 atom stereocenters. The first-order valence-corrected chi connectivity index (χ1v) is 5.33. The van der Waals surface area contributed by atoms with Gasteiger partial charge in [0, 0.05) is 5.41 Å². The second kappa shape index (κ2) is 2.71. The highest BCUT2D eigenvalue weighted by atomic mass is 16.3. The van der Waals surface area contributed by atoms with Gasteiger partial charge in [0.2, 0.25) is 0 Å². The molecular formula is C11H20O2. The summed E-state index contributed by atoms with van der Waals surface area (Å²) in [6, 6.07) is 0. The van der Waals surface area contributed by atoms with Crippen LogP contribution in [0.25, 0.3) is 0 Å². The Morgan fingerprint density at radius 2 is 2.08 bits per heavy atom. The number of aliphatic hydroxyl groups excluding tert-OH is 1. The van der Waals surface area contributed by atoms with Crippen LogP contribution in [0.1, 0.15) is 39.5 Å². The van der Waals surface area contributed by atoms with E-state index in [1.54, 1.807) is 0 Å². The third-order valence-electron chi connectivity index (χ3n) is 4.38. The molecule has 0 aliphatic heterocycles. The highest BCUT2D eigenvalue weighted by Crippen LogP contribution is 2.57. The van der Waals surface area contributed by atoms with Crippen molar-refractivity contribution in [2.24, 2.45) is 17.3 Å². The molecular weight excluding hydrogens is 164 g/mol. The summed E-state index contributed by atoms with van der Waals surface area (Å²) in [6.07, 6.45) is 4.53. The van der Waals surface area contributed by atoms with Gasteiger partial charge in [-0.05, 0) is 37.5 Å². The van der Waals surface area contributed by atoms with Crippen molar-refractivity contribution in [1.29, 1.82) is 0 Å². The zero-order valence-corrected chi connectivity index (χ0v) is 8.58. The van der Waals surface area contributed by atoms with Gasteiger partial charge in [-0.3, -0.25) is 0 Å². The average molecular weight is 184 g/mol. The fourth-order valence-electron chi connectivity index (χ4n) is 3.27. The highest BCUT2D eigenvalue weighted by molar-refractivity contribution is 5.07. The van der Waals surface area contributed by atoms with Crippen LogP contribution in [0.4, 0.5) is 0 Å². The van der Waals surface area contributed by atoms with Crippen molar-refractivity contribution in [3.05, 3.63) is 0 Å². The first-order valence-electron chi connectivity index (χ1n) is 5.33. The minimum absolute atomic E-state index is 0.0900. The molecule has 3 unspecified atom stereocenters. The molecule has 2 nitrogen and oxygen atoms in total. The van der Waals surface area contributed by atoms with E-state index in [0.29, 0.717) is 5.92 Å². The van der Waals surface area contributed by atoms with Crippen LogP contribution in [0.2, 0.25) is 0 Å². The molecule has 2 rings (SSSR count). The first-order chi connectivity index (χ1) is 5.99. The average Bonchev–Trinajstić information content (AvgIpc) is 2.63. The van der Waals surface area contributed by atoms with Crippen LogP contribution < -0.4 is 0 Å². The van der Waals surface area contributed by atoms with Crippen LogP contribution in [0.5, 0.6) is 0 Å². The minimum Gasteiger partial charge on any atom is -0.396 e. The molecule has 2 saturated carbocycles. The van der Waals surface area contributed by atoms with Crippen molar-refractivity contribution in [3.63, 3.8) is 0 Å². The van der Waals surface area contributed by atoms with E-state index in [0.717, 1.165) is 18.8 Å². The number of aliphatic hydroxyl groups is 2. The summed E-state index contributed by atoms with van der Waals surface area (Å²) in [7, 11) is 0. The number of fused-ring (bicyclic) bond motifs is 2. The molecule has 13 heavy (non-hydrogen) atoms. The molecule has 2 bridgehead atoms.